The Labute approximate surface area is 141 Å². The molecule has 2 aromatic carbocycles. The van der Waals surface area contributed by atoms with E-state index < -0.39 is 11.7 Å². The molecule has 1 N–H and O–H groups in total. The minimum absolute atomic E-state index is 0.0505. The van der Waals surface area contributed by atoms with Gasteiger partial charge in [-0.3, -0.25) is 0 Å². The van der Waals surface area contributed by atoms with Crippen LogP contribution in [0, 0.1) is 0 Å². The largest absolute Gasteiger partial charge is 0.506 e. The van der Waals surface area contributed by atoms with E-state index >= 15 is 0 Å². The second kappa shape index (κ2) is 6.78. The second-order valence-corrected chi connectivity index (χ2v) is 6.11. The van der Waals surface area contributed by atoms with Gasteiger partial charge in [-0.15, -0.1) is 0 Å². The van der Waals surface area contributed by atoms with Gasteiger partial charge in [0.15, 0.2) is 0 Å². The van der Waals surface area contributed by atoms with Gasteiger partial charge in [0.2, 0.25) is 0 Å². The molecule has 0 aliphatic heterocycles. The van der Waals surface area contributed by atoms with Gasteiger partial charge in [0, 0.05) is 10.0 Å². The van der Waals surface area contributed by atoms with Crippen LogP contribution in [0.4, 0.5) is 18.9 Å². The topological polar surface area (TPSA) is 45.0 Å². The van der Waals surface area contributed by atoms with Crippen LogP contribution in [0.15, 0.2) is 55.6 Å². The molecule has 0 atom stereocenters. The number of azo groups is 1. The highest BCUT2D eigenvalue weighted by atomic mass is 79.9. The third-order valence-corrected chi connectivity index (χ3v) is 3.79. The Morgan fingerprint density at radius 3 is 2.27 bits per heavy atom. The Kier molecular flexibility index (Phi) is 5.23. The molecule has 0 aliphatic rings. The van der Waals surface area contributed by atoms with Crippen LogP contribution in [0.25, 0.3) is 0 Å². The van der Waals surface area contributed by atoms with E-state index in [0.29, 0.717) is 15.7 Å². The van der Waals surface area contributed by atoms with Gasteiger partial charge in [0.25, 0.3) is 0 Å². The van der Waals surface area contributed by atoms with Gasteiger partial charge in [0.05, 0.1) is 22.3 Å². The summed E-state index contributed by atoms with van der Waals surface area (Å²) >= 11 is 6.49. The summed E-state index contributed by atoms with van der Waals surface area (Å²) in [5.74, 6) is 0.0505. The lowest BCUT2D eigenvalue weighted by molar-refractivity contribution is -0.137. The first-order valence-electron chi connectivity index (χ1n) is 5.99. The molecular weight excluding hydrogens is 429 g/mol. The van der Waals surface area contributed by atoms with E-state index in [1.807, 2.05) is 0 Å². The molecule has 8 heteroatoms. The van der Waals surface area contributed by atoms with E-state index in [1.165, 1.54) is 12.1 Å². The number of rotatable bonds is 3. The van der Waals surface area contributed by atoms with Crippen molar-refractivity contribution in [2.24, 2.45) is 10.2 Å². The molecule has 0 saturated carbocycles. The van der Waals surface area contributed by atoms with Crippen LogP contribution in [0.1, 0.15) is 11.1 Å². The molecule has 0 saturated heterocycles. The van der Waals surface area contributed by atoms with Gasteiger partial charge in [0.1, 0.15) is 5.75 Å². The maximum Gasteiger partial charge on any atom is 0.416 e. The Hall–Kier alpha value is -1.41. The molecule has 2 aromatic rings. The van der Waals surface area contributed by atoms with E-state index in [4.69, 9.17) is 0 Å². The molecule has 0 aromatic heterocycles. The molecule has 0 bridgehead atoms. The highest BCUT2D eigenvalue weighted by Gasteiger charge is 2.29. The molecule has 0 unspecified atom stereocenters. The number of halogens is 5. The minimum Gasteiger partial charge on any atom is -0.506 e. The van der Waals surface area contributed by atoms with Crippen LogP contribution in [0.2, 0.25) is 0 Å². The molecule has 0 amide bonds. The van der Waals surface area contributed by atoms with Crippen molar-refractivity contribution in [1.29, 1.82) is 0 Å². The van der Waals surface area contributed by atoms with Crippen molar-refractivity contribution in [2.45, 2.75) is 12.7 Å². The second-order valence-electron chi connectivity index (χ2n) is 4.34. The first-order valence-corrected chi connectivity index (χ1v) is 7.57. The third-order valence-electron chi connectivity index (χ3n) is 2.73. The molecule has 0 spiro atoms. The van der Waals surface area contributed by atoms with E-state index in [1.54, 1.807) is 12.1 Å². The smallest absolute Gasteiger partial charge is 0.416 e. The number of phenols is 1. The molecule has 0 radical (unpaired) electrons. The fraction of sp³-hybridized carbons (Fsp3) is 0.143. The summed E-state index contributed by atoms with van der Waals surface area (Å²) < 4.78 is 38.5. The molecule has 22 heavy (non-hydrogen) atoms. The van der Waals surface area contributed by atoms with Crippen molar-refractivity contribution < 1.29 is 18.3 Å². The zero-order valence-electron chi connectivity index (χ0n) is 10.9. The number of phenolic OH excluding ortho intramolecular Hbond substituents is 1. The van der Waals surface area contributed by atoms with Gasteiger partial charge in [-0.05, 0) is 52.3 Å². The van der Waals surface area contributed by atoms with Crippen molar-refractivity contribution in [3.63, 3.8) is 0 Å². The molecular formula is C14H9Br2F3N2O. The van der Waals surface area contributed by atoms with Crippen molar-refractivity contribution in [1.82, 2.24) is 0 Å². The summed E-state index contributed by atoms with van der Waals surface area (Å²) in [6.07, 6.45) is -4.37. The molecule has 0 aliphatic carbocycles. The zero-order chi connectivity index (χ0) is 16.3. The Bertz CT molecular complexity index is 700. The highest BCUT2D eigenvalue weighted by Crippen LogP contribution is 2.33. The van der Waals surface area contributed by atoms with E-state index in [9.17, 15) is 18.3 Å². The van der Waals surface area contributed by atoms with E-state index in [-0.39, 0.29) is 12.3 Å². The average Bonchev–Trinajstić information content (AvgIpc) is 2.43. The van der Waals surface area contributed by atoms with Crippen LogP contribution in [0.3, 0.4) is 0 Å². The normalized spacial score (nSPS) is 12.0. The summed E-state index contributed by atoms with van der Waals surface area (Å²) in [6.45, 7) is 0.102. The number of alkyl halides is 3. The molecule has 0 fully saturated rings. The van der Waals surface area contributed by atoms with Gasteiger partial charge in [-0.1, -0.05) is 15.9 Å². The Morgan fingerprint density at radius 1 is 1.05 bits per heavy atom. The van der Waals surface area contributed by atoms with Gasteiger partial charge >= 0.3 is 6.18 Å². The van der Waals surface area contributed by atoms with Crippen LogP contribution < -0.4 is 0 Å². The standard InChI is InChI=1S/C14H9Br2F3N2O/c15-10-5-8(13(22)12(16)6-10)7-20-21-11-3-1-9(2-4-11)14(17,18)19/h1-6,22H,7H2. The van der Waals surface area contributed by atoms with E-state index in [2.05, 4.69) is 42.1 Å². The van der Waals surface area contributed by atoms with Crippen molar-refractivity contribution in [3.8, 4) is 5.75 Å². The summed E-state index contributed by atoms with van der Waals surface area (Å²) in [4.78, 5) is 0. The summed E-state index contributed by atoms with van der Waals surface area (Å²) in [6, 6.07) is 7.74. The SMILES string of the molecule is Oc1c(Br)cc(Br)cc1CN=Nc1ccc(C(F)(F)F)cc1. The van der Waals surface area contributed by atoms with Gasteiger partial charge in [-0.25, -0.2) is 0 Å². The molecule has 116 valence electrons. The van der Waals surface area contributed by atoms with Crippen LogP contribution in [0.5, 0.6) is 5.75 Å². The monoisotopic (exact) mass is 436 g/mol. The quantitative estimate of drug-likeness (QED) is 0.569. The summed E-state index contributed by atoms with van der Waals surface area (Å²) in [5.41, 5.74) is 0.110. The zero-order valence-corrected chi connectivity index (χ0v) is 14.1. The predicted octanol–water partition coefficient (Wildman–Crippen LogP) is 6.22. The number of nitrogens with zero attached hydrogens (tertiary/aromatic N) is 2. The Balaban J connectivity index is 2.10. The lowest BCUT2D eigenvalue weighted by atomic mass is 10.2. The highest BCUT2D eigenvalue weighted by molar-refractivity contribution is 9.11. The first kappa shape index (κ1) is 17.0. The lowest BCUT2D eigenvalue weighted by Gasteiger charge is -2.06. The van der Waals surface area contributed by atoms with Crippen LogP contribution in [-0.2, 0) is 12.7 Å². The summed E-state index contributed by atoms with van der Waals surface area (Å²) in [7, 11) is 0. The predicted molar refractivity (Wildman–Crippen MR) is 83.2 cm³/mol. The fourth-order valence-electron chi connectivity index (χ4n) is 1.65. The number of aromatic hydroxyl groups is 1. The molecule has 2 rings (SSSR count). The van der Waals surface area contributed by atoms with Gasteiger partial charge in [-0.2, -0.15) is 23.4 Å². The van der Waals surface area contributed by atoms with Crippen LogP contribution >= 0.6 is 31.9 Å². The van der Waals surface area contributed by atoms with Crippen molar-refractivity contribution in [3.05, 3.63) is 56.5 Å². The third kappa shape index (κ3) is 4.30. The average molecular weight is 438 g/mol. The minimum atomic E-state index is -4.37. The molecule has 3 nitrogen and oxygen atoms in total. The van der Waals surface area contributed by atoms with Gasteiger partial charge < -0.3 is 5.11 Å². The first-order chi connectivity index (χ1) is 10.3. The Morgan fingerprint density at radius 2 is 1.68 bits per heavy atom. The number of benzene rings is 2. The maximum atomic E-state index is 12.4. The van der Waals surface area contributed by atoms with Crippen molar-refractivity contribution >= 4 is 37.5 Å². The van der Waals surface area contributed by atoms with E-state index in [0.717, 1.165) is 16.6 Å². The molecule has 0 heterocycles. The van der Waals surface area contributed by atoms with Crippen LogP contribution in [-0.4, -0.2) is 5.11 Å². The number of hydrogen-bond donors (Lipinski definition) is 1. The fourth-order valence-corrected chi connectivity index (χ4v) is 2.96. The van der Waals surface area contributed by atoms with Crippen molar-refractivity contribution in [2.75, 3.05) is 0 Å². The maximum absolute atomic E-state index is 12.4. The lowest BCUT2D eigenvalue weighted by Crippen LogP contribution is -2.03. The number of hydrogen-bond acceptors (Lipinski definition) is 3. The summed E-state index contributed by atoms with van der Waals surface area (Å²) in [5, 5.41) is 17.6.